The predicted molar refractivity (Wildman–Crippen MR) is 112 cm³/mol. The van der Waals surface area contributed by atoms with E-state index in [0.29, 0.717) is 23.5 Å². The summed E-state index contributed by atoms with van der Waals surface area (Å²) in [6, 6.07) is 12.6. The fourth-order valence-electron chi connectivity index (χ4n) is 3.22. The van der Waals surface area contributed by atoms with Crippen LogP contribution in [0.1, 0.15) is 25.6 Å². The molecule has 0 atom stereocenters. The average Bonchev–Trinajstić information content (AvgIpc) is 3.37. The van der Waals surface area contributed by atoms with Gasteiger partial charge in [-0.25, -0.2) is 0 Å². The van der Waals surface area contributed by atoms with E-state index < -0.39 is 10.8 Å². The van der Waals surface area contributed by atoms with Crippen LogP contribution in [0.3, 0.4) is 0 Å². The van der Waals surface area contributed by atoms with Gasteiger partial charge in [-0.05, 0) is 47.7 Å². The summed E-state index contributed by atoms with van der Waals surface area (Å²) in [4.78, 5) is 38.0. The lowest BCUT2D eigenvalue weighted by Crippen LogP contribution is -2.28. The first-order valence-electron chi connectivity index (χ1n) is 8.67. The minimum absolute atomic E-state index is 0.0239. The molecular formula is C20H14ClN3O4S. The fraction of sp³-hybridized carbons (Fsp3) is 0.100. The molecule has 0 spiro atoms. The molecule has 4 rings (SSSR count). The first-order chi connectivity index (χ1) is 13.9. The number of nitro groups is 1. The number of nitro benzene ring substituents is 1. The van der Waals surface area contributed by atoms with Gasteiger partial charge in [-0.3, -0.25) is 19.7 Å². The number of amides is 2. The maximum absolute atomic E-state index is 12.6. The van der Waals surface area contributed by atoms with Crippen LogP contribution in [-0.4, -0.2) is 23.3 Å². The van der Waals surface area contributed by atoms with Crippen LogP contribution in [0.2, 0.25) is 5.02 Å². The second kappa shape index (κ2) is 7.65. The second-order valence-electron chi connectivity index (χ2n) is 6.40. The molecule has 0 saturated carbocycles. The lowest BCUT2D eigenvalue weighted by molar-refractivity contribution is -0.384. The molecule has 2 heterocycles. The Morgan fingerprint density at radius 3 is 2.72 bits per heavy atom. The van der Waals surface area contributed by atoms with Gasteiger partial charge in [-0.15, -0.1) is 11.3 Å². The van der Waals surface area contributed by atoms with Crippen molar-refractivity contribution >= 4 is 51.8 Å². The summed E-state index contributed by atoms with van der Waals surface area (Å²) >= 11 is 7.43. The molecule has 0 radical (unpaired) electrons. The minimum Gasteiger partial charge on any atom is -0.322 e. The lowest BCUT2D eigenvalue weighted by atomic mass is 10.1. The number of hydrogen-bond donors (Lipinski definition) is 1. The molecule has 2 aromatic carbocycles. The first-order valence-corrected chi connectivity index (χ1v) is 9.93. The average molecular weight is 428 g/mol. The Hall–Kier alpha value is -3.23. The normalized spacial score (nSPS) is 12.5. The Kier molecular flexibility index (Phi) is 5.04. The lowest BCUT2D eigenvalue weighted by Gasteiger charge is -2.16. The van der Waals surface area contributed by atoms with E-state index in [1.54, 1.807) is 29.2 Å². The maximum Gasteiger partial charge on any atom is 0.270 e. The predicted octanol–water partition coefficient (Wildman–Crippen LogP) is 4.76. The molecule has 2 amide bonds. The number of thiophene rings is 1. The first kappa shape index (κ1) is 19.1. The number of rotatable bonds is 4. The van der Waals surface area contributed by atoms with E-state index in [0.717, 1.165) is 17.3 Å². The molecule has 3 aromatic rings. The fourth-order valence-corrected chi connectivity index (χ4v) is 4.10. The highest BCUT2D eigenvalue weighted by atomic mass is 35.5. The van der Waals surface area contributed by atoms with Gasteiger partial charge >= 0.3 is 0 Å². The van der Waals surface area contributed by atoms with E-state index in [2.05, 4.69) is 5.32 Å². The molecule has 9 heteroatoms. The second-order valence-corrected chi connectivity index (χ2v) is 7.76. The van der Waals surface area contributed by atoms with Crippen LogP contribution in [0.25, 0.3) is 0 Å². The zero-order valence-corrected chi connectivity index (χ0v) is 16.5. The van der Waals surface area contributed by atoms with Crippen molar-refractivity contribution in [3.8, 4) is 0 Å². The van der Waals surface area contributed by atoms with Gasteiger partial charge in [0, 0.05) is 30.1 Å². The van der Waals surface area contributed by atoms with Crippen molar-refractivity contribution in [2.75, 3.05) is 16.8 Å². The van der Waals surface area contributed by atoms with Gasteiger partial charge in [-0.1, -0.05) is 17.7 Å². The third kappa shape index (κ3) is 3.72. The van der Waals surface area contributed by atoms with Gasteiger partial charge in [0.15, 0.2) is 0 Å². The van der Waals surface area contributed by atoms with Crippen molar-refractivity contribution in [2.24, 2.45) is 0 Å². The zero-order valence-electron chi connectivity index (χ0n) is 14.9. The van der Waals surface area contributed by atoms with Crippen molar-refractivity contribution in [3.63, 3.8) is 0 Å². The molecule has 29 heavy (non-hydrogen) atoms. The third-order valence-electron chi connectivity index (χ3n) is 4.62. The number of anilines is 2. The standard InChI is InChI=1S/C20H14ClN3O4S/c21-16-5-4-14(24(27)28)11-15(16)19(25)22-13-3-6-17-12(10-13)7-8-23(17)20(26)18-2-1-9-29-18/h1-6,9-11H,7-8H2,(H,22,25). The van der Waals surface area contributed by atoms with Crippen LogP contribution in [0, 0.1) is 10.1 Å². The highest BCUT2D eigenvalue weighted by Gasteiger charge is 2.26. The summed E-state index contributed by atoms with van der Waals surface area (Å²) in [5.41, 5.74) is 2.10. The summed E-state index contributed by atoms with van der Waals surface area (Å²) in [6.45, 7) is 0.570. The highest BCUT2D eigenvalue weighted by Crippen LogP contribution is 2.32. The van der Waals surface area contributed by atoms with E-state index in [9.17, 15) is 19.7 Å². The quantitative estimate of drug-likeness (QED) is 0.479. The van der Waals surface area contributed by atoms with Crippen LogP contribution in [0.15, 0.2) is 53.9 Å². The molecule has 0 bridgehead atoms. The van der Waals surface area contributed by atoms with E-state index in [-0.39, 0.29) is 22.2 Å². The Labute approximate surface area is 174 Å². The summed E-state index contributed by atoms with van der Waals surface area (Å²) < 4.78 is 0. The minimum atomic E-state index is -0.582. The molecule has 1 aromatic heterocycles. The van der Waals surface area contributed by atoms with Gasteiger partial charge in [0.25, 0.3) is 17.5 Å². The van der Waals surface area contributed by atoms with Crippen molar-refractivity contribution in [2.45, 2.75) is 6.42 Å². The Bertz CT molecular complexity index is 1130. The summed E-state index contributed by atoms with van der Waals surface area (Å²) in [5.74, 6) is -0.581. The topological polar surface area (TPSA) is 92.6 Å². The van der Waals surface area contributed by atoms with Crippen LogP contribution < -0.4 is 10.2 Å². The number of nitrogens with zero attached hydrogens (tertiary/aromatic N) is 2. The molecule has 146 valence electrons. The van der Waals surface area contributed by atoms with Crippen LogP contribution in [0.4, 0.5) is 17.1 Å². The van der Waals surface area contributed by atoms with Crippen molar-refractivity contribution in [3.05, 3.63) is 85.1 Å². The summed E-state index contributed by atoms with van der Waals surface area (Å²) in [5, 5.41) is 15.7. The number of hydrogen-bond acceptors (Lipinski definition) is 5. The number of carbonyl (C=O) groups is 2. The van der Waals surface area contributed by atoms with Crippen LogP contribution >= 0.6 is 22.9 Å². The zero-order chi connectivity index (χ0) is 20.5. The Morgan fingerprint density at radius 2 is 2.00 bits per heavy atom. The summed E-state index contributed by atoms with van der Waals surface area (Å²) in [6.07, 6.45) is 0.674. The molecule has 1 aliphatic heterocycles. The number of nitrogens with one attached hydrogen (secondary N) is 1. The summed E-state index contributed by atoms with van der Waals surface area (Å²) in [7, 11) is 0. The largest absolute Gasteiger partial charge is 0.322 e. The van der Waals surface area contributed by atoms with E-state index in [4.69, 9.17) is 11.6 Å². The number of carbonyl (C=O) groups excluding carboxylic acids is 2. The Balaban J connectivity index is 1.55. The molecular weight excluding hydrogens is 414 g/mol. The molecule has 0 saturated heterocycles. The number of halogens is 1. The smallest absolute Gasteiger partial charge is 0.270 e. The van der Waals surface area contributed by atoms with Crippen molar-refractivity contribution < 1.29 is 14.5 Å². The third-order valence-corrected chi connectivity index (χ3v) is 5.80. The molecule has 0 fully saturated rings. The van der Waals surface area contributed by atoms with E-state index in [1.807, 2.05) is 11.4 Å². The highest BCUT2D eigenvalue weighted by molar-refractivity contribution is 7.12. The molecule has 1 aliphatic rings. The van der Waals surface area contributed by atoms with Gasteiger partial charge in [0.2, 0.25) is 0 Å². The molecule has 0 unspecified atom stereocenters. The maximum atomic E-state index is 12.6. The number of benzene rings is 2. The van der Waals surface area contributed by atoms with Gasteiger partial charge < -0.3 is 10.2 Å². The monoisotopic (exact) mass is 427 g/mol. The van der Waals surface area contributed by atoms with Crippen LogP contribution in [0.5, 0.6) is 0 Å². The van der Waals surface area contributed by atoms with Gasteiger partial charge in [0.05, 0.1) is 20.4 Å². The molecule has 0 aliphatic carbocycles. The van der Waals surface area contributed by atoms with Crippen molar-refractivity contribution in [1.82, 2.24) is 0 Å². The number of non-ortho nitro benzene ring substituents is 1. The van der Waals surface area contributed by atoms with E-state index >= 15 is 0 Å². The van der Waals surface area contributed by atoms with Crippen LogP contribution in [-0.2, 0) is 6.42 Å². The molecule has 1 N–H and O–H groups in total. The van der Waals surface area contributed by atoms with Gasteiger partial charge in [0.1, 0.15) is 0 Å². The van der Waals surface area contributed by atoms with E-state index in [1.165, 1.54) is 23.5 Å². The van der Waals surface area contributed by atoms with Gasteiger partial charge in [-0.2, -0.15) is 0 Å². The molecule has 7 nitrogen and oxygen atoms in total. The Morgan fingerprint density at radius 1 is 1.17 bits per heavy atom. The number of fused-ring (bicyclic) bond motifs is 1. The van der Waals surface area contributed by atoms with Crippen molar-refractivity contribution in [1.29, 1.82) is 0 Å². The SMILES string of the molecule is O=C(Nc1ccc2c(c1)CCN2C(=O)c1cccs1)c1cc([N+](=O)[O-])ccc1Cl.